The molecule has 0 saturated carbocycles. The molecule has 0 aliphatic heterocycles. The van der Waals surface area contributed by atoms with Crippen molar-refractivity contribution in [2.75, 3.05) is 0 Å². The van der Waals surface area contributed by atoms with Crippen LogP contribution in [0.1, 0.15) is 16.7 Å². The molecule has 100 valence electrons. The summed E-state index contributed by atoms with van der Waals surface area (Å²) in [5, 5.41) is 0. The van der Waals surface area contributed by atoms with Crippen molar-refractivity contribution in [3.8, 4) is 5.75 Å². The van der Waals surface area contributed by atoms with Crippen LogP contribution in [-0.2, 0) is 6.61 Å². The number of aryl methyl sites for hydroxylation is 2. The van der Waals surface area contributed by atoms with Gasteiger partial charge in [-0.1, -0.05) is 29.8 Å². The molecule has 19 heavy (non-hydrogen) atoms. The Bertz CT molecular complexity index is 591. The Morgan fingerprint density at radius 3 is 2.16 bits per heavy atom. The second kappa shape index (κ2) is 5.34. The maximum atomic E-state index is 13.5. The minimum Gasteiger partial charge on any atom is -0.486 e. The lowest BCUT2D eigenvalue weighted by molar-refractivity contribution is 0.281. The van der Waals surface area contributed by atoms with Gasteiger partial charge in [-0.25, -0.2) is 8.78 Å². The molecule has 0 spiro atoms. The van der Waals surface area contributed by atoms with Gasteiger partial charge in [-0.2, -0.15) is 4.39 Å². The van der Waals surface area contributed by atoms with E-state index < -0.39 is 17.5 Å². The lowest BCUT2D eigenvalue weighted by Gasteiger charge is -2.10. The summed E-state index contributed by atoms with van der Waals surface area (Å²) < 4.78 is 45.0. The lowest BCUT2D eigenvalue weighted by atomic mass is 10.1. The summed E-state index contributed by atoms with van der Waals surface area (Å²) in [5.74, 6) is -4.26. The van der Waals surface area contributed by atoms with Gasteiger partial charge in [0, 0.05) is 0 Å². The molecule has 0 heterocycles. The summed E-state index contributed by atoms with van der Waals surface area (Å²) in [4.78, 5) is 0. The van der Waals surface area contributed by atoms with Gasteiger partial charge in [0.1, 0.15) is 6.61 Å². The van der Waals surface area contributed by atoms with E-state index in [0.29, 0.717) is 0 Å². The van der Waals surface area contributed by atoms with E-state index >= 15 is 0 Å². The molecule has 0 aromatic heterocycles. The number of halogens is 3. The van der Waals surface area contributed by atoms with E-state index in [1.165, 1.54) is 6.92 Å². The molecule has 0 unspecified atom stereocenters. The van der Waals surface area contributed by atoms with Crippen LogP contribution >= 0.6 is 0 Å². The summed E-state index contributed by atoms with van der Waals surface area (Å²) in [7, 11) is 0. The van der Waals surface area contributed by atoms with Gasteiger partial charge in [0.05, 0.1) is 0 Å². The second-order valence-corrected chi connectivity index (χ2v) is 4.41. The minimum absolute atomic E-state index is 0.0119. The summed E-state index contributed by atoms with van der Waals surface area (Å²) in [6, 6.07) is 8.61. The molecule has 0 saturated heterocycles. The van der Waals surface area contributed by atoms with Crippen molar-refractivity contribution in [1.82, 2.24) is 0 Å². The van der Waals surface area contributed by atoms with Gasteiger partial charge in [-0.15, -0.1) is 0 Å². The van der Waals surface area contributed by atoms with Crippen molar-refractivity contribution in [2.45, 2.75) is 20.5 Å². The summed E-state index contributed by atoms with van der Waals surface area (Å²) in [6.45, 7) is 3.40. The van der Waals surface area contributed by atoms with Crippen molar-refractivity contribution < 1.29 is 17.9 Å². The van der Waals surface area contributed by atoms with Crippen LogP contribution in [0.5, 0.6) is 5.75 Å². The summed E-state index contributed by atoms with van der Waals surface area (Å²) in [6.07, 6.45) is 0. The standard InChI is InChI=1S/C15H13F3O/c1-9-3-5-11(6-4-9)8-19-12-7-10(2)13(16)15(18)14(12)17/h3-7H,8H2,1-2H3. The first-order valence-corrected chi connectivity index (χ1v) is 5.81. The first-order chi connectivity index (χ1) is 8.99. The zero-order chi connectivity index (χ0) is 14.0. The molecule has 2 aromatic carbocycles. The largest absolute Gasteiger partial charge is 0.486 e. The fraction of sp³-hybridized carbons (Fsp3) is 0.200. The predicted molar refractivity (Wildman–Crippen MR) is 66.6 cm³/mol. The van der Waals surface area contributed by atoms with Crippen molar-refractivity contribution in [3.63, 3.8) is 0 Å². The van der Waals surface area contributed by atoms with Crippen LogP contribution in [0.4, 0.5) is 13.2 Å². The van der Waals surface area contributed by atoms with Crippen LogP contribution in [0, 0.1) is 31.3 Å². The van der Waals surface area contributed by atoms with Gasteiger partial charge in [0.2, 0.25) is 5.82 Å². The molecule has 0 radical (unpaired) electrons. The Morgan fingerprint density at radius 2 is 1.53 bits per heavy atom. The third-order valence-electron chi connectivity index (χ3n) is 2.81. The van der Waals surface area contributed by atoms with Gasteiger partial charge in [0.15, 0.2) is 17.4 Å². The molecule has 0 bridgehead atoms. The highest BCUT2D eigenvalue weighted by atomic mass is 19.2. The van der Waals surface area contributed by atoms with Crippen LogP contribution in [0.3, 0.4) is 0 Å². The Labute approximate surface area is 109 Å². The van der Waals surface area contributed by atoms with Crippen molar-refractivity contribution in [2.24, 2.45) is 0 Å². The minimum atomic E-state index is -1.50. The van der Waals surface area contributed by atoms with Crippen molar-refractivity contribution in [1.29, 1.82) is 0 Å². The van der Waals surface area contributed by atoms with Crippen LogP contribution in [0.2, 0.25) is 0 Å². The number of rotatable bonds is 3. The van der Waals surface area contributed by atoms with Crippen molar-refractivity contribution in [3.05, 3.63) is 64.5 Å². The average Bonchev–Trinajstić information content (AvgIpc) is 2.41. The van der Waals surface area contributed by atoms with E-state index in [-0.39, 0.29) is 17.9 Å². The van der Waals surface area contributed by atoms with Gasteiger partial charge in [-0.05, 0) is 31.0 Å². The number of hydrogen-bond donors (Lipinski definition) is 0. The zero-order valence-electron chi connectivity index (χ0n) is 10.6. The van der Waals surface area contributed by atoms with E-state index in [2.05, 4.69) is 0 Å². The van der Waals surface area contributed by atoms with Crippen LogP contribution in [0.25, 0.3) is 0 Å². The quantitative estimate of drug-likeness (QED) is 0.753. The van der Waals surface area contributed by atoms with Crippen molar-refractivity contribution >= 4 is 0 Å². The van der Waals surface area contributed by atoms with E-state index in [0.717, 1.165) is 17.2 Å². The SMILES string of the molecule is Cc1ccc(COc2cc(C)c(F)c(F)c2F)cc1. The van der Waals surface area contributed by atoms with Crippen LogP contribution < -0.4 is 4.74 Å². The highest BCUT2D eigenvalue weighted by molar-refractivity contribution is 5.32. The number of benzene rings is 2. The van der Waals surface area contributed by atoms with Gasteiger partial charge >= 0.3 is 0 Å². The smallest absolute Gasteiger partial charge is 0.203 e. The third-order valence-corrected chi connectivity index (χ3v) is 2.81. The fourth-order valence-electron chi connectivity index (χ4n) is 1.65. The normalized spacial score (nSPS) is 10.6. The molecule has 0 aliphatic carbocycles. The predicted octanol–water partition coefficient (Wildman–Crippen LogP) is 4.30. The van der Waals surface area contributed by atoms with E-state index in [4.69, 9.17) is 4.74 Å². The monoisotopic (exact) mass is 266 g/mol. The van der Waals surface area contributed by atoms with Gasteiger partial charge < -0.3 is 4.74 Å². The molecule has 2 rings (SSSR count). The van der Waals surface area contributed by atoms with Crippen LogP contribution in [0.15, 0.2) is 30.3 Å². The average molecular weight is 266 g/mol. The summed E-state index contributed by atoms with van der Waals surface area (Å²) >= 11 is 0. The van der Waals surface area contributed by atoms with E-state index in [1.807, 2.05) is 31.2 Å². The molecule has 0 N–H and O–H groups in total. The third kappa shape index (κ3) is 2.89. The Hall–Kier alpha value is -1.97. The first kappa shape index (κ1) is 13.5. The zero-order valence-corrected chi connectivity index (χ0v) is 10.6. The molecule has 0 atom stereocenters. The highest BCUT2D eigenvalue weighted by Crippen LogP contribution is 2.25. The van der Waals surface area contributed by atoms with E-state index in [9.17, 15) is 13.2 Å². The molecule has 2 aromatic rings. The number of hydrogen-bond acceptors (Lipinski definition) is 1. The molecule has 1 nitrogen and oxygen atoms in total. The van der Waals surface area contributed by atoms with Gasteiger partial charge in [-0.3, -0.25) is 0 Å². The molecule has 0 aliphatic rings. The molecule has 4 heteroatoms. The first-order valence-electron chi connectivity index (χ1n) is 5.81. The Balaban J connectivity index is 2.18. The summed E-state index contributed by atoms with van der Waals surface area (Å²) in [5.41, 5.74) is 1.93. The molecular weight excluding hydrogens is 253 g/mol. The fourth-order valence-corrected chi connectivity index (χ4v) is 1.65. The maximum Gasteiger partial charge on any atom is 0.203 e. The topological polar surface area (TPSA) is 9.23 Å². The number of ether oxygens (including phenoxy) is 1. The molecule has 0 amide bonds. The Kier molecular flexibility index (Phi) is 3.79. The Morgan fingerprint density at radius 1 is 0.895 bits per heavy atom. The molecule has 0 fully saturated rings. The second-order valence-electron chi connectivity index (χ2n) is 4.41. The van der Waals surface area contributed by atoms with E-state index in [1.54, 1.807) is 0 Å². The highest BCUT2D eigenvalue weighted by Gasteiger charge is 2.17. The van der Waals surface area contributed by atoms with Crippen LogP contribution in [-0.4, -0.2) is 0 Å². The lowest BCUT2D eigenvalue weighted by Crippen LogP contribution is -2.02. The van der Waals surface area contributed by atoms with Gasteiger partial charge in [0.25, 0.3) is 0 Å². The molecular formula is C15H13F3O. The maximum absolute atomic E-state index is 13.5.